The monoisotopic (exact) mass is 259 g/mol. The maximum absolute atomic E-state index is 6.16. The minimum absolute atomic E-state index is 0.432. The smallest absolute Gasteiger partial charge is 0.155 e. The first-order chi connectivity index (χ1) is 8.65. The first-order valence-corrected chi connectivity index (χ1v) is 5.75. The molecule has 0 aliphatic heterocycles. The third kappa shape index (κ3) is 1.69. The van der Waals surface area contributed by atoms with Gasteiger partial charge in [0.25, 0.3) is 0 Å². The molecule has 0 aliphatic carbocycles. The van der Waals surface area contributed by atoms with Gasteiger partial charge in [-0.05, 0) is 19.1 Å². The van der Waals surface area contributed by atoms with E-state index in [9.17, 15) is 0 Å². The summed E-state index contributed by atoms with van der Waals surface area (Å²) in [6.07, 6.45) is 3.27. The molecule has 5 nitrogen and oxygen atoms in total. The predicted octanol–water partition coefficient (Wildman–Crippen LogP) is 2.56. The number of halogens is 1. The second-order valence-corrected chi connectivity index (χ2v) is 4.43. The number of H-pyrrole nitrogens is 1. The zero-order chi connectivity index (χ0) is 12.7. The van der Waals surface area contributed by atoms with E-state index in [4.69, 9.17) is 17.3 Å². The Hall–Kier alpha value is -2.14. The van der Waals surface area contributed by atoms with Crippen molar-refractivity contribution in [1.82, 2.24) is 20.2 Å². The molecule has 3 aromatic rings. The summed E-state index contributed by atoms with van der Waals surface area (Å²) in [6, 6.07) is 3.74. The van der Waals surface area contributed by atoms with Gasteiger partial charge in [-0.2, -0.15) is 5.10 Å². The number of nitrogens with two attached hydrogens (primary N) is 1. The second-order valence-electron chi connectivity index (χ2n) is 4.02. The molecule has 0 radical (unpaired) electrons. The molecule has 3 aromatic heterocycles. The summed E-state index contributed by atoms with van der Waals surface area (Å²) < 4.78 is 0. The number of nitrogens with zero attached hydrogens (tertiary/aromatic N) is 3. The lowest BCUT2D eigenvalue weighted by atomic mass is 10.0. The average molecular weight is 260 g/mol. The van der Waals surface area contributed by atoms with Gasteiger partial charge in [-0.1, -0.05) is 11.6 Å². The Morgan fingerprint density at radius 1 is 1.22 bits per heavy atom. The topological polar surface area (TPSA) is 80.5 Å². The van der Waals surface area contributed by atoms with Gasteiger partial charge in [0.1, 0.15) is 5.82 Å². The van der Waals surface area contributed by atoms with Crippen LogP contribution in [-0.2, 0) is 0 Å². The van der Waals surface area contributed by atoms with Crippen LogP contribution >= 0.6 is 11.6 Å². The van der Waals surface area contributed by atoms with Gasteiger partial charge in [-0.15, -0.1) is 0 Å². The summed E-state index contributed by atoms with van der Waals surface area (Å²) in [5, 5.41) is 8.28. The van der Waals surface area contributed by atoms with Crippen LogP contribution < -0.4 is 5.73 Å². The van der Waals surface area contributed by atoms with Crippen LogP contribution in [0, 0.1) is 6.92 Å². The Morgan fingerprint density at radius 3 is 2.89 bits per heavy atom. The van der Waals surface area contributed by atoms with Gasteiger partial charge in [0, 0.05) is 28.4 Å². The fraction of sp³-hybridized carbons (Fsp3) is 0.0833. The van der Waals surface area contributed by atoms with Crippen LogP contribution in [0.3, 0.4) is 0 Å². The van der Waals surface area contributed by atoms with E-state index >= 15 is 0 Å². The highest BCUT2D eigenvalue weighted by Gasteiger charge is 2.11. The van der Waals surface area contributed by atoms with Gasteiger partial charge in [-0.3, -0.25) is 5.10 Å². The van der Waals surface area contributed by atoms with Crippen molar-refractivity contribution < 1.29 is 0 Å². The molecular weight excluding hydrogens is 250 g/mol. The van der Waals surface area contributed by atoms with Gasteiger partial charge in [-0.25, -0.2) is 9.97 Å². The quantitative estimate of drug-likeness (QED) is 0.704. The molecule has 0 unspecified atom stereocenters. The Bertz CT molecular complexity index is 734. The Labute approximate surface area is 108 Å². The largest absolute Gasteiger partial charge is 0.384 e. The summed E-state index contributed by atoms with van der Waals surface area (Å²) in [4.78, 5) is 8.40. The summed E-state index contributed by atoms with van der Waals surface area (Å²) >= 11 is 6.16. The number of aryl methyl sites for hydroxylation is 1. The summed E-state index contributed by atoms with van der Waals surface area (Å²) in [7, 11) is 0. The van der Waals surface area contributed by atoms with Crippen LogP contribution in [0.15, 0.2) is 24.5 Å². The lowest BCUT2D eigenvalue weighted by Crippen LogP contribution is -1.94. The number of pyridine rings is 2. The fourth-order valence-corrected chi connectivity index (χ4v) is 2.11. The van der Waals surface area contributed by atoms with Gasteiger partial charge in [0.05, 0.1) is 11.2 Å². The molecule has 18 heavy (non-hydrogen) atoms. The van der Waals surface area contributed by atoms with Crippen LogP contribution in [-0.4, -0.2) is 20.2 Å². The molecule has 3 heterocycles. The van der Waals surface area contributed by atoms with Gasteiger partial charge in [0.15, 0.2) is 5.65 Å². The maximum Gasteiger partial charge on any atom is 0.155 e. The minimum Gasteiger partial charge on any atom is -0.384 e. The standard InChI is InChI=1S/C12H10ClN5/c1-6-8(2-7-4-16-18-12(7)17-6)9-3-11(14)15-5-10(9)13/h2-5H,1H3,(H2,14,15)(H,16,17,18). The highest BCUT2D eigenvalue weighted by molar-refractivity contribution is 6.33. The minimum atomic E-state index is 0.432. The zero-order valence-electron chi connectivity index (χ0n) is 9.61. The molecule has 90 valence electrons. The van der Waals surface area contributed by atoms with E-state index in [1.807, 2.05) is 13.0 Å². The summed E-state index contributed by atoms with van der Waals surface area (Å²) in [6.45, 7) is 1.92. The lowest BCUT2D eigenvalue weighted by Gasteiger charge is -2.08. The second kappa shape index (κ2) is 3.96. The molecule has 3 rings (SSSR count). The van der Waals surface area contributed by atoms with Crippen molar-refractivity contribution in [3.63, 3.8) is 0 Å². The number of hydrogen-bond donors (Lipinski definition) is 2. The van der Waals surface area contributed by atoms with Crippen molar-refractivity contribution >= 4 is 28.5 Å². The van der Waals surface area contributed by atoms with E-state index < -0.39 is 0 Å². The van der Waals surface area contributed by atoms with Crippen molar-refractivity contribution in [3.8, 4) is 11.1 Å². The van der Waals surface area contributed by atoms with Gasteiger partial charge in [0.2, 0.25) is 0 Å². The van der Waals surface area contributed by atoms with Gasteiger partial charge < -0.3 is 5.73 Å². The van der Waals surface area contributed by atoms with Crippen molar-refractivity contribution in [2.24, 2.45) is 0 Å². The van der Waals surface area contributed by atoms with Crippen molar-refractivity contribution in [2.45, 2.75) is 6.92 Å². The number of aromatic amines is 1. The Morgan fingerprint density at radius 2 is 2.06 bits per heavy atom. The fourth-order valence-electron chi connectivity index (χ4n) is 1.91. The molecule has 0 atom stereocenters. The van der Waals surface area contributed by atoms with Crippen LogP contribution in [0.5, 0.6) is 0 Å². The Kier molecular flexibility index (Phi) is 2.41. The SMILES string of the molecule is Cc1nc2[nH]ncc2cc1-c1cc(N)ncc1Cl. The van der Waals surface area contributed by atoms with E-state index in [1.54, 1.807) is 18.5 Å². The van der Waals surface area contributed by atoms with Crippen LogP contribution in [0.4, 0.5) is 5.82 Å². The molecule has 0 fully saturated rings. The van der Waals surface area contributed by atoms with E-state index in [2.05, 4.69) is 20.2 Å². The first kappa shape index (κ1) is 11.0. The molecule has 0 bridgehead atoms. The average Bonchev–Trinajstić information content (AvgIpc) is 2.78. The third-order valence-corrected chi connectivity index (χ3v) is 3.08. The van der Waals surface area contributed by atoms with Gasteiger partial charge >= 0.3 is 0 Å². The summed E-state index contributed by atoms with van der Waals surface area (Å²) in [5.41, 5.74) is 9.08. The Balaban J connectivity index is 2.29. The lowest BCUT2D eigenvalue weighted by molar-refractivity contribution is 1.09. The molecular formula is C12H10ClN5. The highest BCUT2D eigenvalue weighted by atomic mass is 35.5. The summed E-state index contributed by atoms with van der Waals surface area (Å²) in [5.74, 6) is 0.432. The number of aromatic nitrogens is 4. The number of nitrogens with one attached hydrogen (secondary N) is 1. The molecule has 6 heteroatoms. The normalized spacial score (nSPS) is 11.0. The van der Waals surface area contributed by atoms with Crippen molar-refractivity contribution in [1.29, 1.82) is 0 Å². The molecule has 3 N–H and O–H groups in total. The van der Waals surface area contributed by atoms with E-state index in [0.717, 1.165) is 27.9 Å². The molecule has 0 saturated heterocycles. The number of anilines is 1. The van der Waals surface area contributed by atoms with Crippen LogP contribution in [0.2, 0.25) is 5.02 Å². The zero-order valence-corrected chi connectivity index (χ0v) is 10.4. The number of rotatable bonds is 1. The maximum atomic E-state index is 6.16. The molecule has 0 spiro atoms. The van der Waals surface area contributed by atoms with Crippen molar-refractivity contribution in [2.75, 3.05) is 5.73 Å². The molecule has 0 saturated carbocycles. The first-order valence-electron chi connectivity index (χ1n) is 5.37. The highest BCUT2D eigenvalue weighted by Crippen LogP contribution is 2.31. The number of fused-ring (bicyclic) bond motifs is 1. The molecule has 0 amide bonds. The predicted molar refractivity (Wildman–Crippen MR) is 71.3 cm³/mol. The van der Waals surface area contributed by atoms with E-state index in [0.29, 0.717) is 10.8 Å². The van der Waals surface area contributed by atoms with E-state index in [-0.39, 0.29) is 0 Å². The van der Waals surface area contributed by atoms with Crippen LogP contribution in [0.1, 0.15) is 5.69 Å². The number of hydrogen-bond acceptors (Lipinski definition) is 4. The number of nitrogen functional groups attached to an aromatic ring is 1. The van der Waals surface area contributed by atoms with Crippen LogP contribution in [0.25, 0.3) is 22.2 Å². The van der Waals surface area contributed by atoms with Crippen molar-refractivity contribution in [3.05, 3.63) is 35.2 Å². The van der Waals surface area contributed by atoms with E-state index in [1.165, 1.54) is 0 Å². The molecule has 0 aromatic carbocycles. The molecule has 0 aliphatic rings. The third-order valence-electron chi connectivity index (χ3n) is 2.78.